The van der Waals surface area contributed by atoms with Crippen molar-refractivity contribution in [2.24, 2.45) is 0 Å². The van der Waals surface area contributed by atoms with Crippen LogP contribution in [0, 0.1) is 0 Å². The third-order valence-electron chi connectivity index (χ3n) is 4.75. The Morgan fingerprint density at radius 1 is 1.12 bits per heavy atom. The van der Waals surface area contributed by atoms with Gasteiger partial charge in [-0.2, -0.15) is 0 Å². The fourth-order valence-electron chi connectivity index (χ4n) is 3.31. The number of hydrogen-bond donors (Lipinski definition) is 1. The average molecular weight is 337 g/mol. The Hall–Kier alpha value is -2.26. The quantitative estimate of drug-likeness (QED) is 0.593. The van der Waals surface area contributed by atoms with Gasteiger partial charge in [-0.05, 0) is 72.5 Å². The van der Waals surface area contributed by atoms with E-state index in [1.807, 2.05) is 7.05 Å². The maximum atomic E-state index is 5.71. The molecule has 0 amide bonds. The van der Waals surface area contributed by atoms with Crippen molar-refractivity contribution in [2.75, 3.05) is 26.8 Å². The van der Waals surface area contributed by atoms with Gasteiger partial charge in [0, 0.05) is 13.0 Å². The molecule has 0 spiro atoms. The van der Waals surface area contributed by atoms with E-state index >= 15 is 0 Å². The zero-order chi connectivity index (χ0) is 17.6. The van der Waals surface area contributed by atoms with Gasteiger partial charge in [0.05, 0.1) is 6.61 Å². The highest BCUT2D eigenvalue weighted by Gasteiger charge is 2.14. The molecule has 1 N–H and O–H groups in total. The van der Waals surface area contributed by atoms with Crippen LogP contribution in [-0.4, -0.2) is 26.8 Å². The van der Waals surface area contributed by atoms with Crippen LogP contribution in [0.1, 0.15) is 37.0 Å². The average Bonchev–Trinajstić information content (AvgIpc) is 3.11. The zero-order valence-electron chi connectivity index (χ0n) is 15.4. The monoisotopic (exact) mass is 337 g/mol. The van der Waals surface area contributed by atoms with Crippen molar-refractivity contribution in [1.82, 2.24) is 5.32 Å². The molecule has 0 saturated heterocycles. The van der Waals surface area contributed by atoms with Crippen LogP contribution in [0.2, 0.25) is 0 Å². The van der Waals surface area contributed by atoms with Gasteiger partial charge in [0.1, 0.15) is 18.1 Å². The maximum Gasteiger partial charge on any atom is 0.122 e. The topological polar surface area (TPSA) is 30.5 Å². The Balaban J connectivity index is 1.83. The largest absolute Gasteiger partial charge is 0.493 e. The number of benzene rings is 2. The zero-order valence-corrected chi connectivity index (χ0v) is 15.4. The summed E-state index contributed by atoms with van der Waals surface area (Å²) in [4.78, 5) is 0. The van der Waals surface area contributed by atoms with Crippen LogP contribution in [-0.2, 0) is 6.42 Å². The van der Waals surface area contributed by atoms with Crippen molar-refractivity contribution >= 4 is 11.1 Å². The Labute approximate surface area is 150 Å². The molecule has 0 saturated carbocycles. The normalized spacial score (nSPS) is 13.9. The Bertz CT molecular complexity index is 747. The van der Waals surface area contributed by atoms with Gasteiger partial charge in [-0.3, -0.25) is 0 Å². The van der Waals surface area contributed by atoms with Gasteiger partial charge < -0.3 is 14.8 Å². The maximum absolute atomic E-state index is 5.71. The Morgan fingerprint density at radius 3 is 2.60 bits per heavy atom. The molecule has 0 atom stereocenters. The first-order valence-corrected chi connectivity index (χ1v) is 9.06. The number of rotatable bonds is 7. The molecule has 0 fully saturated rings. The second-order valence-corrected chi connectivity index (χ2v) is 6.35. The van der Waals surface area contributed by atoms with E-state index in [-0.39, 0.29) is 0 Å². The third-order valence-corrected chi connectivity index (χ3v) is 4.75. The van der Waals surface area contributed by atoms with Crippen molar-refractivity contribution in [3.8, 4) is 11.5 Å². The summed E-state index contributed by atoms with van der Waals surface area (Å²) in [7, 11) is 1.93. The SMILES string of the molecule is CC/C(=C(\C)c1ccc(OCCNC)cc1)c1ccc2c(c1)CCO2. The van der Waals surface area contributed by atoms with E-state index in [0.29, 0.717) is 6.61 Å². The molecule has 25 heavy (non-hydrogen) atoms. The lowest BCUT2D eigenvalue weighted by atomic mass is 9.92. The summed E-state index contributed by atoms with van der Waals surface area (Å²) in [5, 5.41) is 3.08. The van der Waals surface area contributed by atoms with Gasteiger partial charge >= 0.3 is 0 Å². The summed E-state index contributed by atoms with van der Waals surface area (Å²) in [6.07, 6.45) is 2.02. The van der Waals surface area contributed by atoms with Crippen LogP contribution < -0.4 is 14.8 Å². The Morgan fingerprint density at radius 2 is 1.88 bits per heavy atom. The molecule has 3 nitrogen and oxygen atoms in total. The molecule has 2 aromatic rings. The first kappa shape index (κ1) is 17.6. The third kappa shape index (κ3) is 4.05. The number of allylic oxidation sites excluding steroid dienone is 2. The van der Waals surface area contributed by atoms with Crippen molar-refractivity contribution in [2.45, 2.75) is 26.7 Å². The fourth-order valence-corrected chi connectivity index (χ4v) is 3.31. The lowest BCUT2D eigenvalue weighted by Gasteiger charge is -2.13. The van der Waals surface area contributed by atoms with Crippen LogP contribution in [0.25, 0.3) is 11.1 Å². The standard InChI is InChI=1S/C22H27NO2/c1-4-21(18-7-10-22-19(15-18)11-13-25-22)16(2)17-5-8-20(9-6-17)24-14-12-23-3/h5-10,15,23H,4,11-14H2,1-3H3/b21-16-. The van der Waals surface area contributed by atoms with Crippen molar-refractivity contribution in [3.05, 3.63) is 59.2 Å². The van der Waals surface area contributed by atoms with E-state index < -0.39 is 0 Å². The Kier molecular flexibility index (Phi) is 5.77. The van der Waals surface area contributed by atoms with Gasteiger partial charge in [0.2, 0.25) is 0 Å². The smallest absolute Gasteiger partial charge is 0.122 e. The number of fused-ring (bicyclic) bond motifs is 1. The van der Waals surface area contributed by atoms with E-state index in [1.165, 1.54) is 27.8 Å². The minimum atomic E-state index is 0.683. The number of likely N-dealkylation sites (N-methyl/N-ethyl adjacent to an activating group) is 1. The van der Waals surface area contributed by atoms with Crippen LogP contribution in [0.4, 0.5) is 0 Å². The highest BCUT2D eigenvalue weighted by molar-refractivity contribution is 5.90. The molecule has 132 valence electrons. The van der Waals surface area contributed by atoms with Crippen molar-refractivity contribution in [3.63, 3.8) is 0 Å². The first-order valence-electron chi connectivity index (χ1n) is 9.06. The molecule has 1 heterocycles. The molecule has 3 rings (SSSR count). The predicted molar refractivity (Wildman–Crippen MR) is 104 cm³/mol. The predicted octanol–water partition coefficient (Wildman–Crippen LogP) is 4.56. The molecule has 0 bridgehead atoms. The molecule has 1 aliphatic rings. The lowest BCUT2D eigenvalue weighted by molar-refractivity contribution is 0.318. The van der Waals surface area contributed by atoms with Crippen molar-refractivity contribution in [1.29, 1.82) is 0 Å². The fraction of sp³-hybridized carbons (Fsp3) is 0.364. The van der Waals surface area contributed by atoms with Crippen molar-refractivity contribution < 1.29 is 9.47 Å². The van der Waals surface area contributed by atoms with Crippen LogP contribution in [0.3, 0.4) is 0 Å². The summed E-state index contributed by atoms with van der Waals surface area (Å²) in [5.41, 5.74) is 6.58. The number of hydrogen-bond acceptors (Lipinski definition) is 3. The summed E-state index contributed by atoms with van der Waals surface area (Å²) < 4.78 is 11.3. The lowest BCUT2D eigenvalue weighted by Crippen LogP contribution is -2.15. The minimum Gasteiger partial charge on any atom is -0.493 e. The highest BCUT2D eigenvalue weighted by Crippen LogP contribution is 2.33. The molecule has 1 aliphatic heterocycles. The van der Waals surface area contributed by atoms with Crippen LogP contribution >= 0.6 is 0 Å². The van der Waals surface area contributed by atoms with E-state index in [2.05, 4.69) is 61.6 Å². The summed E-state index contributed by atoms with van der Waals surface area (Å²) in [6, 6.07) is 15.0. The first-order chi connectivity index (χ1) is 12.2. The van der Waals surface area contributed by atoms with Crippen LogP contribution in [0.5, 0.6) is 11.5 Å². The number of nitrogens with one attached hydrogen (secondary N) is 1. The van der Waals surface area contributed by atoms with Gasteiger partial charge in [0.15, 0.2) is 0 Å². The molecule has 2 aromatic carbocycles. The van der Waals surface area contributed by atoms with Crippen LogP contribution in [0.15, 0.2) is 42.5 Å². The summed E-state index contributed by atoms with van der Waals surface area (Å²) >= 11 is 0. The molecule has 0 unspecified atom stereocenters. The van der Waals surface area contributed by atoms with Gasteiger partial charge in [-0.15, -0.1) is 0 Å². The van der Waals surface area contributed by atoms with E-state index in [1.54, 1.807) is 0 Å². The molecular weight excluding hydrogens is 310 g/mol. The molecule has 0 aliphatic carbocycles. The summed E-state index contributed by atoms with van der Waals surface area (Å²) in [5.74, 6) is 1.96. The van der Waals surface area contributed by atoms with E-state index in [0.717, 1.165) is 37.5 Å². The molecule has 0 aromatic heterocycles. The molecule has 3 heteroatoms. The second kappa shape index (κ2) is 8.21. The number of ether oxygens (including phenoxy) is 2. The van der Waals surface area contributed by atoms with E-state index in [4.69, 9.17) is 9.47 Å². The van der Waals surface area contributed by atoms with Gasteiger partial charge in [-0.1, -0.05) is 25.1 Å². The second-order valence-electron chi connectivity index (χ2n) is 6.35. The van der Waals surface area contributed by atoms with Gasteiger partial charge in [0.25, 0.3) is 0 Å². The van der Waals surface area contributed by atoms with Gasteiger partial charge in [-0.25, -0.2) is 0 Å². The summed E-state index contributed by atoms with van der Waals surface area (Å²) in [6.45, 7) is 6.76. The molecule has 0 radical (unpaired) electrons. The minimum absolute atomic E-state index is 0.683. The highest BCUT2D eigenvalue weighted by atomic mass is 16.5. The molecular formula is C22H27NO2. The van der Waals surface area contributed by atoms with E-state index in [9.17, 15) is 0 Å².